The summed E-state index contributed by atoms with van der Waals surface area (Å²) in [4.78, 5) is 10.6. The highest BCUT2D eigenvalue weighted by atomic mass is 32.2. The van der Waals surface area contributed by atoms with Crippen LogP contribution in [-0.4, -0.2) is 50.0 Å². The fourth-order valence-electron chi connectivity index (χ4n) is 3.95. The van der Waals surface area contributed by atoms with Crippen molar-refractivity contribution >= 4 is 59.1 Å². The standard InChI is InChI=1S/C27H28N4O4S4/c1-5-21(6-2)31(39(34,35)25-13-10-15-36-25)24-12-9-11-20-17-23(29-26(20)24)27-28-18-22(37-27)19-30(7-3)14-16-38(32,33)8-4/h5-13,15,17-18,21,29H,1-4,14,16,19H2. The summed E-state index contributed by atoms with van der Waals surface area (Å²) < 4.78 is 52.5. The number of rotatable bonds is 14. The lowest BCUT2D eigenvalue weighted by Gasteiger charge is -2.29. The van der Waals surface area contributed by atoms with Gasteiger partial charge in [-0.1, -0.05) is 43.5 Å². The minimum Gasteiger partial charge on any atom is -0.372 e. The van der Waals surface area contributed by atoms with Crippen LogP contribution in [-0.2, 0) is 26.4 Å². The van der Waals surface area contributed by atoms with E-state index in [9.17, 15) is 16.8 Å². The normalized spacial score (nSPS) is 11.9. The third-order valence-corrected chi connectivity index (χ3v) is 11.4. The molecule has 3 aromatic heterocycles. The lowest BCUT2D eigenvalue weighted by Crippen LogP contribution is -2.38. The zero-order valence-corrected chi connectivity index (χ0v) is 24.3. The van der Waals surface area contributed by atoms with Crippen LogP contribution in [0.15, 0.2) is 102 Å². The van der Waals surface area contributed by atoms with Gasteiger partial charge in [-0.05, 0) is 29.8 Å². The summed E-state index contributed by atoms with van der Waals surface area (Å²) in [5.74, 6) is -0.0553. The Bertz CT molecular complexity index is 1710. The highest BCUT2D eigenvalue weighted by Crippen LogP contribution is 2.37. The van der Waals surface area contributed by atoms with E-state index in [-0.39, 0.29) is 16.5 Å². The molecule has 0 spiro atoms. The molecule has 0 bridgehead atoms. The van der Waals surface area contributed by atoms with Crippen LogP contribution in [0.4, 0.5) is 5.69 Å². The minimum absolute atomic E-state index is 0.0553. The zero-order chi connectivity index (χ0) is 28.2. The Morgan fingerprint density at radius 3 is 2.46 bits per heavy atom. The molecule has 0 atom stereocenters. The first-order valence-corrected chi connectivity index (χ1v) is 16.6. The Morgan fingerprint density at radius 2 is 1.82 bits per heavy atom. The van der Waals surface area contributed by atoms with Crippen molar-refractivity contribution in [3.8, 4) is 10.7 Å². The van der Waals surface area contributed by atoms with Gasteiger partial charge in [0.25, 0.3) is 10.0 Å². The number of sulfonamides is 1. The van der Waals surface area contributed by atoms with Crippen LogP contribution in [0.25, 0.3) is 21.6 Å². The number of sulfone groups is 1. The second-order valence-electron chi connectivity index (χ2n) is 8.44. The van der Waals surface area contributed by atoms with Crippen LogP contribution in [0.3, 0.4) is 0 Å². The summed E-state index contributed by atoms with van der Waals surface area (Å²) in [6, 6.07) is 9.99. The highest BCUT2D eigenvalue weighted by molar-refractivity contribution is 7.95. The summed E-state index contributed by atoms with van der Waals surface area (Å²) in [5.41, 5.74) is 1.84. The van der Waals surface area contributed by atoms with Crippen LogP contribution in [0.5, 0.6) is 0 Å². The third kappa shape index (κ3) is 6.09. The number of thiophene rings is 1. The first-order valence-electron chi connectivity index (χ1n) is 11.7. The number of para-hydroxylation sites is 1. The SMILES string of the molecule is C=CC(C=C)N(c1cccc2cc(-c3ncc(CN(C=C)CCS(=O)(=O)C=C)s3)[nH]c12)S(=O)(=O)c1cccs1. The van der Waals surface area contributed by atoms with Crippen molar-refractivity contribution in [2.24, 2.45) is 0 Å². The van der Waals surface area contributed by atoms with Crippen molar-refractivity contribution in [1.82, 2.24) is 14.9 Å². The van der Waals surface area contributed by atoms with Gasteiger partial charge in [0.15, 0.2) is 9.84 Å². The predicted octanol–water partition coefficient (Wildman–Crippen LogP) is 5.79. The largest absolute Gasteiger partial charge is 0.372 e. The van der Waals surface area contributed by atoms with Gasteiger partial charge in [-0.15, -0.1) is 35.8 Å². The number of thiazole rings is 1. The summed E-state index contributed by atoms with van der Waals surface area (Å²) in [6.07, 6.45) is 6.43. The van der Waals surface area contributed by atoms with E-state index in [4.69, 9.17) is 0 Å². The van der Waals surface area contributed by atoms with Gasteiger partial charge in [0.05, 0.1) is 35.2 Å². The fourth-order valence-corrected chi connectivity index (χ4v) is 8.21. The van der Waals surface area contributed by atoms with Gasteiger partial charge in [0.1, 0.15) is 9.22 Å². The van der Waals surface area contributed by atoms with Crippen LogP contribution >= 0.6 is 22.7 Å². The maximum Gasteiger partial charge on any atom is 0.274 e. The number of H-pyrrole nitrogens is 1. The third-order valence-electron chi connectivity index (χ3n) is 5.95. The van der Waals surface area contributed by atoms with E-state index >= 15 is 0 Å². The first-order chi connectivity index (χ1) is 18.6. The molecular formula is C27H28N4O4S4. The number of aromatic amines is 1. The molecule has 0 fully saturated rings. The fraction of sp³-hybridized carbons (Fsp3) is 0.148. The summed E-state index contributed by atoms with van der Waals surface area (Å²) in [6.45, 7) is 15.5. The second kappa shape index (κ2) is 11.7. The van der Waals surface area contributed by atoms with E-state index in [0.29, 0.717) is 22.8 Å². The van der Waals surface area contributed by atoms with Crippen molar-refractivity contribution in [3.05, 3.63) is 103 Å². The number of aromatic nitrogens is 2. The average Bonchev–Trinajstić information content (AvgIpc) is 3.70. The Labute approximate surface area is 236 Å². The molecule has 204 valence electrons. The quantitative estimate of drug-likeness (QED) is 0.184. The van der Waals surface area contributed by atoms with Crippen molar-refractivity contribution in [2.45, 2.75) is 16.8 Å². The lowest BCUT2D eigenvalue weighted by atomic mass is 10.2. The molecular weight excluding hydrogens is 573 g/mol. The molecule has 0 aliphatic rings. The van der Waals surface area contributed by atoms with Gasteiger partial charge >= 0.3 is 0 Å². The lowest BCUT2D eigenvalue weighted by molar-refractivity contribution is 0.394. The van der Waals surface area contributed by atoms with Gasteiger partial charge in [-0.25, -0.2) is 21.8 Å². The summed E-state index contributed by atoms with van der Waals surface area (Å²) >= 11 is 2.60. The topological polar surface area (TPSA) is 103 Å². The maximum absolute atomic E-state index is 13.7. The first kappa shape index (κ1) is 28.6. The van der Waals surface area contributed by atoms with E-state index in [1.165, 1.54) is 15.6 Å². The Kier molecular flexibility index (Phi) is 8.60. The number of fused-ring (bicyclic) bond motifs is 1. The number of nitrogens with zero attached hydrogens (tertiary/aromatic N) is 3. The molecule has 0 saturated heterocycles. The Hall–Kier alpha value is -3.45. The molecule has 0 saturated carbocycles. The maximum atomic E-state index is 13.7. The van der Waals surface area contributed by atoms with Crippen LogP contribution in [0.2, 0.25) is 0 Å². The number of benzene rings is 1. The van der Waals surface area contributed by atoms with Crippen LogP contribution < -0.4 is 4.31 Å². The van der Waals surface area contributed by atoms with E-state index in [0.717, 1.165) is 32.7 Å². The smallest absolute Gasteiger partial charge is 0.274 e. The van der Waals surface area contributed by atoms with Gasteiger partial charge in [0, 0.05) is 28.4 Å². The number of hydrogen-bond donors (Lipinski definition) is 1. The van der Waals surface area contributed by atoms with E-state index in [2.05, 4.69) is 36.3 Å². The molecule has 0 unspecified atom stereocenters. The minimum atomic E-state index is -3.90. The highest BCUT2D eigenvalue weighted by Gasteiger charge is 2.31. The van der Waals surface area contributed by atoms with Crippen LogP contribution in [0, 0.1) is 0 Å². The predicted molar refractivity (Wildman–Crippen MR) is 162 cm³/mol. The molecule has 0 radical (unpaired) electrons. The Balaban J connectivity index is 1.68. The monoisotopic (exact) mass is 600 g/mol. The van der Waals surface area contributed by atoms with Gasteiger partial charge in [-0.3, -0.25) is 4.31 Å². The molecule has 1 aromatic carbocycles. The van der Waals surface area contributed by atoms with Gasteiger partial charge < -0.3 is 9.88 Å². The molecule has 1 N–H and O–H groups in total. The zero-order valence-electron chi connectivity index (χ0n) is 21.1. The van der Waals surface area contributed by atoms with Crippen molar-refractivity contribution in [3.63, 3.8) is 0 Å². The summed E-state index contributed by atoms with van der Waals surface area (Å²) in [7, 11) is -7.22. The van der Waals surface area contributed by atoms with E-state index in [1.807, 2.05) is 18.2 Å². The molecule has 8 nitrogen and oxygen atoms in total. The van der Waals surface area contributed by atoms with Gasteiger partial charge in [0.2, 0.25) is 0 Å². The molecule has 0 aliphatic heterocycles. The Morgan fingerprint density at radius 1 is 1.05 bits per heavy atom. The average molecular weight is 601 g/mol. The molecule has 39 heavy (non-hydrogen) atoms. The van der Waals surface area contributed by atoms with E-state index in [1.54, 1.807) is 53.0 Å². The second-order valence-corrected chi connectivity index (χ2v) is 14.6. The molecule has 4 aromatic rings. The van der Waals surface area contributed by atoms with Crippen molar-refractivity contribution < 1.29 is 16.8 Å². The number of nitrogens with one attached hydrogen (secondary N) is 1. The van der Waals surface area contributed by atoms with Crippen molar-refractivity contribution in [1.29, 1.82) is 0 Å². The molecule has 3 heterocycles. The van der Waals surface area contributed by atoms with E-state index < -0.39 is 25.9 Å². The molecule has 0 amide bonds. The number of hydrogen-bond acceptors (Lipinski definition) is 8. The molecule has 4 rings (SSSR count). The summed E-state index contributed by atoms with van der Waals surface area (Å²) in [5, 5.41) is 4.22. The number of anilines is 1. The van der Waals surface area contributed by atoms with Crippen LogP contribution in [0.1, 0.15) is 4.88 Å². The molecule has 0 aliphatic carbocycles. The van der Waals surface area contributed by atoms with Gasteiger partial charge in [-0.2, -0.15) is 0 Å². The molecule has 12 heteroatoms. The van der Waals surface area contributed by atoms with Crippen molar-refractivity contribution in [2.75, 3.05) is 16.6 Å².